The first-order valence-corrected chi connectivity index (χ1v) is 9.43. The van der Waals surface area contributed by atoms with Gasteiger partial charge in [0.1, 0.15) is 0 Å². The minimum absolute atomic E-state index is 0.0468. The lowest BCUT2D eigenvalue weighted by Gasteiger charge is -2.13. The molecule has 0 amide bonds. The summed E-state index contributed by atoms with van der Waals surface area (Å²) in [5.41, 5.74) is 0.377. The largest absolute Gasteiger partial charge is 0.294 e. The summed E-state index contributed by atoms with van der Waals surface area (Å²) in [5.74, 6) is 0.136. The highest BCUT2D eigenvalue weighted by atomic mass is 32.2. The van der Waals surface area contributed by atoms with E-state index in [0.29, 0.717) is 12.0 Å². The zero-order chi connectivity index (χ0) is 15.3. The van der Waals surface area contributed by atoms with Gasteiger partial charge in [0.25, 0.3) is 0 Å². The molecule has 7 heteroatoms. The summed E-state index contributed by atoms with van der Waals surface area (Å²) >= 11 is 0. The van der Waals surface area contributed by atoms with Gasteiger partial charge in [0.05, 0.1) is 4.90 Å². The van der Waals surface area contributed by atoms with E-state index in [9.17, 15) is 17.4 Å². The minimum Gasteiger partial charge on any atom is -0.294 e. The van der Waals surface area contributed by atoms with Crippen LogP contribution in [0.2, 0.25) is 0 Å². The topological polar surface area (TPSA) is 80.3 Å². The lowest BCUT2D eigenvalue weighted by atomic mass is 10.1. The van der Waals surface area contributed by atoms with Gasteiger partial charge in [-0.2, -0.15) is 0 Å². The molecule has 1 aromatic carbocycles. The number of sulfonamides is 1. The third kappa shape index (κ3) is 4.81. The van der Waals surface area contributed by atoms with Crippen molar-refractivity contribution in [2.75, 3.05) is 12.0 Å². The van der Waals surface area contributed by atoms with Crippen molar-refractivity contribution in [2.24, 2.45) is 0 Å². The van der Waals surface area contributed by atoms with E-state index in [2.05, 4.69) is 4.72 Å². The molecule has 5 nitrogen and oxygen atoms in total. The third-order valence-electron chi connectivity index (χ3n) is 2.63. The summed E-state index contributed by atoms with van der Waals surface area (Å²) in [6.45, 7) is 3.38. The monoisotopic (exact) mass is 317 g/mol. The zero-order valence-corrected chi connectivity index (χ0v) is 13.4. The molecule has 0 aromatic heterocycles. The van der Waals surface area contributed by atoms with Gasteiger partial charge in [-0.05, 0) is 19.1 Å². The molecule has 1 rings (SSSR count). The second-order valence-electron chi connectivity index (χ2n) is 4.57. The highest BCUT2D eigenvalue weighted by Crippen LogP contribution is 2.13. The Balaban J connectivity index is 2.98. The Hall–Kier alpha value is -1.05. The molecule has 1 aromatic rings. The number of benzene rings is 1. The Labute approximate surface area is 122 Å². The van der Waals surface area contributed by atoms with Crippen molar-refractivity contribution in [3.63, 3.8) is 0 Å². The number of carbonyl (C=O) groups is 1. The normalized spacial score (nSPS) is 14.8. The van der Waals surface area contributed by atoms with E-state index < -0.39 is 26.9 Å². The Morgan fingerprint density at radius 3 is 2.60 bits per heavy atom. The van der Waals surface area contributed by atoms with Gasteiger partial charge >= 0.3 is 0 Å². The maximum absolute atomic E-state index is 12.2. The molecule has 112 valence electrons. The fourth-order valence-electron chi connectivity index (χ4n) is 1.76. The van der Waals surface area contributed by atoms with Gasteiger partial charge in [-0.25, -0.2) is 13.1 Å². The number of nitrogens with one attached hydrogen (secondary N) is 1. The number of Topliss-reactive ketones (excluding diaryl/α,β-unsaturated/α-hetero) is 1. The van der Waals surface area contributed by atoms with Crippen molar-refractivity contribution < 1.29 is 17.4 Å². The summed E-state index contributed by atoms with van der Waals surface area (Å²) in [6, 6.07) is 5.50. The van der Waals surface area contributed by atoms with Gasteiger partial charge in [0.2, 0.25) is 10.0 Å². The van der Waals surface area contributed by atoms with Crippen LogP contribution in [0.4, 0.5) is 0 Å². The fourth-order valence-corrected chi connectivity index (χ4v) is 3.94. The summed E-state index contributed by atoms with van der Waals surface area (Å²) in [4.78, 5) is 11.7. The minimum atomic E-state index is -3.71. The third-order valence-corrected chi connectivity index (χ3v) is 5.19. The quantitative estimate of drug-likeness (QED) is 0.769. The van der Waals surface area contributed by atoms with Crippen molar-refractivity contribution in [3.05, 3.63) is 29.8 Å². The predicted octanol–water partition coefficient (Wildman–Crippen LogP) is 1.32. The maximum Gasteiger partial charge on any atom is 0.240 e. The lowest BCUT2D eigenvalue weighted by Crippen LogP contribution is -2.36. The molecule has 0 spiro atoms. The van der Waals surface area contributed by atoms with E-state index >= 15 is 0 Å². The highest BCUT2D eigenvalue weighted by Gasteiger charge is 2.19. The first-order valence-electron chi connectivity index (χ1n) is 6.22. The summed E-state index contributed by atoms with van der Waals surface area (Å²) in [6.07, 6.45) is 1.84. The van der Waals surface area contributed by atoms with E-state index in [-0.39, 0.29) is 16.4 Å². The van der Waals surface area contributed by atoms with E-state index in [1.165, 1.54) is 18.4 Å². The molecule has 0 heterocycles. The number of ketones is 1. The van der Waals surface area contributed by atoms with Crippen molar-refractivity contribution in [1.82, 2.24) is 4.72 Å². The summed E-state index contributed by atoms with van der Waals surface area (Å²) < 4.78 is 37.9. The Morgan fingerprint density at radius 2 is 2.05 bits per heavy atom. The van der Waals surface area contributed by atoms with Crippen LogP contribution >= 0.6 is 0 Å². The average molecular weight is 317 g/mol. The second kappa shape index (κ2) is 7.10. The van der Waals surface area contributed by atoms with E-state index in [0.717, 1.165) is 0 Å². The van der Waals surface area contributed by atoms with Gasteiger partial charge in [0.15, 0.2) is 5.78 Å². The number of rotatable bonds is 7. The SMILES string of the molecule is CCC(=O)c1cccc(S(=O)(=O)NC(C)CS(C)=O)c1. The number of hydrogen-bond donors (Lipinski definition) is 1. The van der Waals surface area contributed by atoms with Crippen molar-refractivity contribution >= 4 is 26.6 Å². The van der Waals surface area contributed by atoms with E-state index in [1.807, 2.05) is 0 Å². The fraction of sp³-hybridized carbons (Fsp3) is 0.462. The van der Waals surface area contributed by atoms with Crippen LogP contribution in [0.1, 0.15) is 30.6 Å². The number of carbonyl (C=O) groups excluding carboxylic acids is 1. The lowest BCUT2D eigenvalue weighted by molar-refractivity contribution is 0.0988. The molecule has 1 N–H and O–H groups in total. The molecule has 2 unspecified atom stereocenters. The highest BCUT2D eigenvalue weighted by molar-refractivity contribution is 7.89. The van der Waals surface area contributed by atoms with Gasteiger partial charge < -0.3 is 0 Å². The van der Waals surface area contributed by atoms with Gasteiger partial charge in [-0.1, -0.05) is 19.1 Å². The van der Waals surface area contributed by atoms with Crippen LogP contribution in [0.3, 0.4) is 0 Å². The number of hydrogen-bond acceptors (Lipinski definition) is 4. The molecule has 0 aliphatic heterocycles. The van der Waals surface area contributed by atoms with Crippen LogP contribution in [-0.2, 0) is 20.8 Å². The first kappa shape index (κ1) is 17.0. The van der Waals surface area contributed by atoms with Gasteiger partial charge in [0, 0.05) is 40.8 Å². The molecular weight excluding hydrogens is 298 g/mol. The maximum atomic E-state index is 12.2. The smallest absolute Gasteiger partial charge is 0.240 e. The molecule has 0 saturated carbocycles. The van der Waals surface area contributed by atoms with Gasteiger partial charge in [-0.3, -0.25) is 9.00 Å². The van der Waals surface area contributed by atoms with Crippen LogP contribution in [0.5, 0.6) is 0 Å². The van der Waals surface area contributed by atoms with Crippen molar-refractivity contribution in [3.8, 4) is 0 Å². The van der Waals surface area contributed by atoms with Crippen LogP contribution in [0.25, 0.3) is 0 Å². The molecule has 0 saturated heterocycles. The van der Waals surface area contributed by atoms with Crippen molar-refractivity contribution in [1.29, 1.82) is 0 Å². The van der Waals surface area contributed by atoms with Crippen LogP contribution in [0, 0.1) is 0 Å². The van der Waals surface area contributed by atoms with Crippen molar-refractivity contribution in [2.45, 2.75) is 31.2 Å². The average Bonchev–Trinajstić information content (AvgIpc) is 2.36. The summed E-state index contributed by atoms with van der Waals surface area (Å²) in [5, 5.41) is 0. The Morgan fingerprint density at radius 1 is 1.40 bits per heavy atom. The molecule has 0 bridgehead atoms. The molecular formula is C13H19NO4S2. The van der Waals surface area contributed by atoms with E-state index in [4.69, 9.17) is 0 Å². The first-order chi connectivity index (χ1) is 9.26. The molecule has 20 heavy (non-hydrogen) atoms. The van der Waals surface area contributed by atoms with Crippen LogP contribution in [-0.4, -0.2) is 36.5 Å². The van der Waals surface area contributed by atoms with E-state index in [1.54, 1.807) is 26.0 Å². The van der Waals surface area contributed by atoms with Crippen LogP contribution in [0.15, 0.2) is 29.2 Å². The molecule has 0 aliphatic rings. The Bertz CT molecular complexity index is 611. The zero-order valence-electron chi connectivity index (χ0n) is 11.8. The second-order valence-corrected chi connectivity index (χ2v) is 7.76. The van der Waals surface area contributed by atoms with Crippen LogP contribution < -0.4 is 4.72 Å². The summed E-state index contributed by atoms with van der Waals surface area (Å²) in [7, 11) is -4.79. The standard InChI is InChI=1S/C13H19NO4S2/c1-4-13(15)11-6-5-7-12(8-11)20(17,18)14-10(2)9-19(3)16/h5-8,10,14H,4,9H2,1-3H3. The predicted molar refractivity (Wildman–Crippen MR) is 79.8 cm³/mol. The van der Waals surface area contributed by atoms with Gasteiger partial charge in [-0.15, -0.1) is 0 Å². The Kier molecular flexibility index (Phi) is 6.04. The molecule has 0 fully saturated rings. The molecule has 0 aliphatic carbocycles. The molecule has 0 radical (unpaired) electrons. The molecule has 2 atom stereocenters.